The van der Waals surface area contributed by atoms with Gasteiger partial charge in [0, 0.05) is 13.5 Å². The fraction of sp³-hybridized carbons (Fsp3) is 0.500. The van der Waals surface area contributed by atoms with E-state index in [0.29, 0.717) is 11.3 Å². The number of rotatable bonds is 4. The molecule has 104 valence electrons. The van der Waals surface area contributed by atoms with Gasteiger partial charge < -0.3 is 15.2 Å². The van der Waals surface area contributed by atoms with Crippen molar-refractivity contribution >= 4 is 17.2 Å². The van der Waals surface area contributed by atoms with E-state index in [-0.39, 0.29) is 23.0 Å². The number of methoxy groups -OCH3 is 1. The van der Waals surface area contributed by atoms with E-state index in [9.17, 15) is 4.39 Å². The molecule has 2 N–H and O–H groups in total. The van der Waals surface area contributed by atoms with Crippen LogP contribution in [0.3, 0.4) is 0 Å². The van der Waals surface area contributed by atoms with Crippen molar-refractivity contribution < 1.29 is 13.9 Å². The highest BCUT2D eigenvalue weighted by atomic mass is 32.1. The third-order valence-electron chi connectivity index (χ3n) is 3.41. The van der Waals surface area contributed by atoms with Gasteiger partial charge in [-0.25, -0.2) is 4.39 Å². The second-order valence-electron chi connectivity index (χ2n) is 4.77. The van der Waals surface area contributed by atoms with Crippen LogP contribution < -0.4 is 10.5 Å². The molecule has 1 aromatic rings. The molecule has 2 rings (SSSR count). The zero-order chi connectivity index (χ0) is 13.8. The molecule has 2 unspecified atom stereocenters. The fourth-order valence-electron chi connectivity index (χ4n) is 2.40. The first-order valence-electron chi connectivity index (χ1n) is 6.39. The Morgan fingerprint density at radius 3 is 2.79 bits per heavy atom. The molecule has 2 atom stereocenters. The highest BCUT2D eigenvalue weighted by molar-refractivity contribution is 7.80. The first-order valence-corrected chi connectivity index (χ1v) is 6.79. The maximum absolute atomic E-state index is 13.2. The Kier molecular flexibility index (Phi) is 4.71. The van der Waals surface area contributed by atoms with Crippen LogP contribution >= 0.6 is 12.2 Å². The summed E-state index contributed by atoms with van der Waals surface area (Å²) in [7, 11) is 1.71. The highest BCUT2D eigenvalue weighted by Gasteiger charge is 2.24. The Morgan fingerprint density at radius 1 is 1.37 bits per heavy atom. The summed E-state index contributed by atoms with van der Waals surface area (Å²) in [6.07, 6.45) is 4.22. The van der Waals surface area contributed by atoms with Crippen molar-refractivity contribution in [2.45, 2.75) is 37.9 Å². The Bertz CT molecular complexity index is 467. The van der Waals surface area contributed by atoms with Gasteiger partial charge >= 0.3 is 0 Å². The minimum absolute atomic E-state index is 0.0669. The predicted molar refractivity (Wildman–Crippen MR) is 76.0 cm³/mol. The van der Waals surface area contributed by atoms with E-state index in [4.69, 9.17) is 27.4 Å². The smallest absolute Gasteiger partial charge is 0.130 e. The summed E-state index contributed by atoms with van der Waals surface area (Å²) < 4.78 is 24.5. The third-order valence-corrected chi connectivity index (χ3v) is 3.63. The summed E-state index contributed by atoms with van der Waals surface area (Å²) in [5, 5.41) is 0. The number of nitrogens with two attached hydrogens (primary N) is 1. The average Bonchev–Trinajstić information content (AvgIpc) is 2.41. The van der Waals surface area contributed by atoms with Crippen molar-refractivity contribution in [2.75, 3.05) is 7.11 Å². The molecule has 1 aromatic carbocycles. The minimum Gasteiger partial charge on any atom is -0.490 e. The molecule has 5 heteroatoms. The lowest BCUT2D eigenvalue weighted by molar-refractivity contribution is 0.0209. The van der Waals surface area contributed by atoms with Crippen molar-refractivity contribution in [3.8, 4) is 5.75 Å². The van der Waals surface area contributed by atoms with Gasteiger partial charge in [-0.3, -0.25) is 0 Å². The lowest BCUT2D eigenvalue weighted by Gasteiger charge is -2.29. The van der Waals surface area contributed by atoms with Gasteiger partial charge in [0.25, 0.3) is 0 Å². The lowest BCUT2D eigenvalue weighted by Crippen LogP contribution is -2.30. The van der Waals surface area contributed by atoms with Crippen LogP contribution in [-0.4, -0.2) is 24.3 Å². The zero-order valence-corrected chi connectivity index (χ0v) is 11.7. The predicted octanol–water partition coefficient (Wildman–Crippen LogP) is 2.80. The molecule has 1 aliphatic carbocycles. The number of benzene rings is 1. The summed E-state index contributed by atoms with van der Waals surface area (Å²) in [4.78, 5) is 0.147. The number of thiocarbonyl (C=S) groups is 1. The Labute approximate surface area is 117 Å². The zero-order valence-electron chi connectivity index (χ0n) is 10.9. The summed E-state index contributed by atoms with van der Waals surface area (Å²) in [6, 6.07) is 4.25. The monoisotopic (exact) mass is 283 g/mol. The van der Waals surface area contributed by atoms with E-state index in [1.54, 1.807) is 13.2 Å². The van der Waals surface area contributed by atoms with E-state index in [0.717, 1.165) is 25.7 Å². The van der Waals surface area contributed by atoms with E-state index in [2.05, 4.69) is 0 Å². The fourth-order valence-corrected chi connectivity index (χ4v) is 2.56. The van der Waals surface area contributed by atoms with Crippen LogP contribution in [0.15, 0.2) is 18.2 Å². The Hall–Kier alpha value is -1.20. The molecule has 1 fully saturated rings. The summed E-state index contributed by atoms with van der Waals surface area (Å²) in [5.74, 6) is 0.184. The van der Waals surface area contributed by atoms with Gasteiger partial charge in [0.1, 0.15) is 22.7 Å². The minimum atomic E-state index is -0.367. The number of hydrogen-bond acceptors (Lipinski definition) is 3. The van der Waals surface area contributed by atoms with Crippen molar-refractivity contribution in [1.29, 1.82) is 0 Å². The third kappa shape index (κ3) is 3.64. The highest BCUT2D eigenvalue weighted by Crippen LogP contribution is 2.27. The molecule has 0 spiro atoms. The maximum atomic E-state index is 13.2. The summed E-state index contributed by atoms with van der Waals surface area (Å²) in [5.41, 5.74) is 6.06. The van der Waals surface area contributed by atoms with E-state index >= 15 is 0 Å². The molecule has 0 aromatic heterocycles. The Morgan fingerprint density at radius 2 is 2.11 bits per heavy atom. The lowest BCUT2D eigenvalue weighted by atomic mass is 9.95. The second kappa shape index (κ2) is 6.30. The van der Waals surface area contributed by atoms with E-state index in [1.165, 1.54) is 12.1 Å². The van der Waals surface area contributed by atoms with Crippen LogP contribution in [0.5, 0.6) is 5.75 Å². The SMILES string of the molecule is COC1CCCC(Oc2ccc(F)cc2C(N)=S)C1. The molecule has 0 saturated heterocycles. The molecule has 0 heterocycles. The van der Waals surface area contributed by atoms with Crippen LogP contribution in [0.1, 0.15) is 31.2 Å². The summed E-state index contributed by atoms with van der Waals surface area (Å²) >= 11 is 4.93. The van der Waals surface area contributed by atoms with Gasteiger partial charge in [0.05, 0.1) is 11.7 Å². The first kappa shape index (κ1) is 14.2. The van der Waals surface area contributed by atoms with Crippen LogP contribution in [0.25, 0.3) is 0 Å². The molecule has 3 nitrogen and oxygen atoms in total. The molecule has 19 heavy (non-hydrogen) atoms. The van der Waals surface area contributed by atoms with Gasteiger partial charge in [-0.05, 0) is 37.5 Å². The van der Waals surface area contributed by atoms with Crippen LogP contribution in [0.2, 0.25) is 0 Å². The van der Waals surface area contributed by atoms with Crippen molar-refractivity contribution in [3.05, 3.63) is 29.6 Å². The maximum Gasteiger partial charge on any atom is 0.130 e. The van der Waals surface area contributed by atoms with Gasteiger partial charge in [-0.1, -0.05) is 12.2 Å². The van der Waals surface area contributed by atoms with E-state index in [1.807, 2.05) is 0 Å². The number of hydrogen-bond donors (Lipinski definition) is 1. The largest absolute Gasteiger partial charge is 0.490 e. The van der Waals surface area contributed by atoms with Crippen LogP contribution in [0.4, 0.5) is 4.39 Å². The first-order chi connectivity index (χ1) is 9.10. The topological polar surface area (TPSA) is 44.5 Å². The number of halogens is 1. The molecule has 0 radical (unpaired) electrons. The molecule has 0 bridgehead atoms. The van der Waals surface area contributed by atoms with Crippen molar-refractivity contribution in [2.24, 2.45) is 5.73 Å². The quantitative estimate of drug-likeness (QED) is 0.863. The van der Waals surface area contributed by atoms with Crippen molar-refractivity contribution in [1.82, 2.24) is 0 Å². The molecule has 0 amide bonds. The molecular weight excluding hydrogens is 265 g/mol. The average molecular weight is 283 g/mol. The second-order valence-corrected chi connectivity index (χ2v) is 5.21. The molecule has 1 saturated carbocycles. The molecule has 0 aliphatic heterocycles. The van der Waals surface area contributed by atoms with Gasteiger partial charge in [-0.15, -0.1) is 0 Å². The van der Waals surface area contributed by atoms with Crippen molar-refractivity contribution in [3.63, 3.8) is 0 Å². The van der Waals surface area contributed by atoms with Crippen LogP contribution in [-0.2, 0) is 4.74 Å². The summed E-state index contributed by atoms with van der Waals surface area (Å²) in [6.45, 7) is 0. The normalized spacial score (nSPS) is 23.1. The number of ether oxygens (including phenoxy) is 2. The van der Waals surface area contributed by atoms with Gasteiger partial charge in [0.15, 0.2) is 0 Å². The van der Waals surface area contributed by atoms with Gasteiger partial charge in [0.2, 0.25) is 0 Å². The standard InChI is InChI=1S/C14H18FNO2S/c1-17-10-3-2-4-11(8-10)18-13-6-5-9(15)7-12(13)14(16)19/h5-7,10-11H,2-4,8H2,1H3,(H2,16,19). The van der Waals surface area contributed by atoms with Gasteiger partial charge in [-0.2, -0.15) is 0 Å². The molecule has 1 aliphatic rings. The van der Waals surface area contributed by atoms with E-state index < -0.39 is 0 Å². The Balaban J connectivity index is 2.12. The van der Waals surface area contributed by atoms with Crippen LogP contribution in [0, 0.1) is 5.82 Å². The molecular formula is C14H18FNO2S.